The Morgan fingerprint density at radius 2 is 2.19 bits per heavy atom. The minimum atomic E-state index is -0.391. The van der Waals surface area contributed by atoms with E-state index in [-0.39, 0.29) is 5.02 Å². The van der Waals surface area contributed by atoms with Crippen molar-refractivity contribution in [3.05, 3.63) is 52.6 Å². The van der Waals surface area contributed by atoms with Gasteiger partial charge in [0.2, 0.25) is 0 Å². The van der Waals surface area contributed by atoms with Gasteiger partial charge in [-0.3, -0.25) is 4.68 Å². The van der Waals surface area contributed by atoms with Crippen LogP contribution in [0.5, 0.6) is 0 Å². The zero-order valence-electron chi connectivity index (χ0n) is 12.4. The maximum Gasteiger partial charge on any atom is 0.142 e. The summed E-state index contributed by atoms with van der Waals surface area (Å²) in [6.45, 7) is 5.75. The Morgan fingerprint density at radius 3 is 2.90 bits per heavy atom. The summed E-state index contributed by atoms with van der Waals surface area (Å²) >= 11 is 5.98. The summed E-state index contributed by atoms with van der Waals surface area (Å²) in [7, 11) is 0. The Morgan fingerprint density at radius 1 is 1.38 bits per heavy atom. The molecule has 0 saturated heterocycles. The predicted octanol–water partition coefficient (Wildman–Crippen LogP) is 4.17. The third-order valence-electron chi connectivity index (χ3n) is 3.47. The van der Waals surface area contributed by atoms with Crippen LogP contribution in [0.4, 0.5) is 4.39 Å². The van der Waals surface area contributed by atoms with Gasteiger partial charge in [0.1, 0.15) is 5.82 Å². The van der Waals surface area contributed by atoms with Crippen molar-refractivity contribution in [3.8, 4) is 0 Å². The molecule has 0 bridgehead atoms. The van der Waals surface area contributed by atoms with E-state index in [4.69, 9.17) is 11.6 Å². The number of halogens is 2. The van der Waals surface area contributed by atoms with Crippen molar-refractivity contribution in [2.45, 2.75) is 39.3 Å². The van der Waals surface area contributed by atoms with Crippen molar-refractivity contribution >= 4 is 11.6 Å². The Labute approximate surface area is 130 Å². The van der Waals surface area contributed by atoms with Gasteiger partial charge < -0.3 is 5.32 Å². The van der Waals surface area contributed by atoms with Crippen molar-refractivity contribution in [2.75, 3.05) is 6.54 Å². The molecule has 0 fully saturated rings. The summed E-state index contributed by atoms with van der Waals surface area (Å²) in [5.41, 5.74) is 1.89. The van der Waals surface area contributed by atoms with Gasteiger partial charge in [0.15, 0.2) is 0 Å². The van der Waals surface area contributed by atoms with Gasteiger partial charge in [-0.25, -0.2) is 4.39 Å². The molecular formula is C16H21ClFN3. The zero-order valence-corrected chi connectivity index (χ0v) is 13.2. The fourth-order valence-corrected chi connectivity index (χ4v) is 2.49. The van der Waals surface area contributed by atoms with Gasteiger partial charge in [0, 0.05) is 17.8 Å². The van der Waals surface area contributed by atoms with Crippen LogP contribution in [-0.2, 0) is 6.54 Å². The first-order valence-corrected chi connectivity index (χ1v) is 7.72. The maximum atomic E-state index is 13.4. The van der Waals surface area contributed by atoms with Crippen molar-refractivity contribution in [2.24, 2.45) is 0 Å². The van der Waals surface area contributed by atoms with Gasteiger partial charge in [-0.05, 0) is 31.0 Å². The van der Waals surface area contributed by atoms with Crippen LogP contribution in [0.15, 0.2) is 30.6 Å². The van der Waals surface area contributed by atoms with Crippen LogP contribution in [0, 0.1) is 5.82 Å². The van der Waals surface area contributed by atoms with E-state index in [0.717, 1.165) is 30.5 Å². The fraction of sp³-hybridized carbons (Fsp3) is 0.438. The molecule has 0 radical (unpaired) electrons. The van der Waals surface area contributed by atoms with E-state index >= 15 is 0 Å². The van der Waals surface area contributed by atoms with Crippen LogP contribution in [0.2, 0.25) is 5.02 Å². The molecule has 0 aliphatic heterocycles. The van der Waals surface area contributed by atoms with E-state index < -0.39 is 5.82 Å². The smallest absolute Gasteiger partial charge is 0.142 e. The van der Waals surface area contributed by atoms with Gasteiger partial charge >= 0.3 is 0 Å². The van der Waals surface area contributed by atoms with Gasteiger partial charge in [-0.15, -0.1) is 0 Å². The molecule has 1 aromatic heterocycles. The summed E-state index contributed by atoms with van der Waals surface area (Å²) in [6, 6.07) is 5.15. The van der Waals surface area contributed by atoms with Gasteiger partial charge in [-0.1, -0.05) is 37.6 Å². The Bertz CT molecular complexity index is 583. The van der Waals surface area contributed by atoms with Gasteiger partial charge in [-0.2, -0.15) is 5.10 Å². The molecule has 2 aromatic rings. The highest BCUT2D eigenvalue weighted by Gasteiger charge is 2.12. The molecule has 1 heterocycles. The lowest BCUT2D eigenvalue weighted by Gasteiger charge is -2.14. The Kier molecular flexibility index (Phi) is 5.76. The predicted molar refractivity (Wildman–Crippen MR) is 84.1 cm³/mol. The number of hydrogen-bond donors (Lipinski definition) is 1. The summed E-state index contributed by atoms with van der Waals surface area (Å²) in [5.74, 6) is -0.391. The Balaban J connectivity index is 2.10. The first-order valence-electron chi connectivity index (χ1n) is 7.34. The average Bonchev–Trinajstić information content (AvgIpc) is 2.93. The fourth-order valence-electron chi connectivity index (χ4n) is 2.31. The Hall–Kier alpha value is -1.39. The number of aromatic nitrogens is 2. The van der Waals surface area contributed by atoms with Gasteiger partial charge in [0.05, 0.1) is 17.8 Å². The molecule has 0 aliphatic carbocycles. The number of nitrogens with zero attached hydrogens (tertiary/aromatic N) is 2. The maximum absolute atomic E-state index is 13.4. The second kappa shape index (κ2) is 7.57. The lowest BCUT2D eigenvalue weighted by Crippen LogP contribution is -2.21. The first-order chi connectivity index (χ1) is 10.2. The van der Waals surface area contributed by atoms with E-state index in [0.29, 0.717) is 12.6 Å². The van der Waals surface area contributed by atoms with E-state index in [1.165, 1.54) is 6.07 Å². The molecule has 114 valence electrons. The van der Waals surface area contributed by atoms with Crippen LogP contribution in [0.1, 0.15) is 43.9 Å². The average molecular weight is 310 g/mol. The summed E-state index contributed by atoms with van der Waals surface area (Å²) in [6.07, 6.45) is 5.97. The third kappa shape index (κ3) is 4.05. The lowest BCUT2D eigenvalue weighted by molar-refractivity contribution is 0.517. The summed E-state index contributed by atoms with van der Waals surface area (Å²) in [5, 5.41) is 8.02. The summed E-state index contributed by atoms with van der Waals surface area (Å²) < 4.78 is 15.2. The zero-order chi connectivity index (χ0) is 15.2. The lowest BCUT2D eigenvalue weighted by atomic mass is 10.1. The highest BCUT2D eigenvalue weighted by atomic mass is 35.5. The highest BCUT2D eigenvalue weighted by molar-refractivity contribution is 6.31. The molecule has 21 heavy (non-hydrogen) atoms. The van der Waals surface area contributed by atoms with Crippen LogP contribution in [0.3, 0.4) is 0 Å². The molecule has 0 spiro atoms. The van der Waals surface area contributed by atoms with Crippen LogP contribution in [-0.4, -0.2) is 16.3 Å². The quantitative estimate of drug-likeness (QED) is 0.831. The molecule has 3 nitrogen and oxygen atoms in total. The summed E-state index contributed by atoms with van der Waals surface area (Å²) in [4.78, 5) is 0. The van der Waals surface area contributed by atoms with E-state index in [9.17, 15) is 4.39 Å². The number of benzene rings is 1. The standard InChI is InChI=1S/C16H21ClFN3/c1-3-8-19-15(4-2)13-9-20-21(11-13)10-12-6-5-7-14(18)16(12)17/h5-7,9,11,15,19H,3-4,8,10H2,1-2H3. The van der Waals surface area contributed by atoms with E-state index in [2.05, 4.69) is 24.3 Å². The second-order valence-electron chi connectivity index (χ2n) is 5.10. The third-order valence-corrected chi connectivity index (χ3v) is 3.89. The largest absolute Gasteiger partial charge is 0.310 e. The topological polar surface area (TPSA) is 29.9 Å². The minimum Gasteiger partial charge on any atom is -0.310 e. The minimum absolute atomic E-state index is 0.172. The monoisotopic (exact) mass is 309 g/mol. The number of hydrogen-bond acceptors (Lipinski definition) is 2. The molecular weight excluding hydrogens is 289 g/mol. The normalized spacial score (nSPS) is 12.6. The van der Waals surface area contributed by atoms with E-state index in [1.807, 2.05) is 18.5 Å². The van der Waals surface area contributed by atoms with Gasteiger partial charge in [0.25, 0.3) is 0 Å². The number of nitrogens with one attached hydrogen (secondary N) is 1. The van der Waals surface area contributed by atoms with E-state index in [1.54, 1.807) is 10.7 Å². The van der Waals surface area contributed by atoms with Crippen molar-refractivity contribution in [3.63, 3.8) is 0 Å². The molecule has 2 rings (SSSR count). The molecule has 0 amide bonds. The molecule has 1 aromatic carbocycles. The SMILES string of the molecule is CCCNC(CC)c1cnn(Cc2cccc(F)c2Cl)c1. The number of rotatable bonds is 7. The molecule has 5 heteroatoms. The van der Waals surface area contributed by atoms with Crippen LogP contribution in [0.25, 0.3) is 0 Å². The second-order valence-corrected chi connectivity index (χ2v) is 5.48. The molecule has 1 atom stereocenters. The highest BCUT2D eigenvalue weighted by Crippen LogP contribution is 2.21. The van der Waals surface area contributed by atoms with Crippen molar-refractivity contribution < 1.29 is 4.39 Å². The van der Waals surface area contributed by atoms with Crippen molar-refractivity contribution in [1.29, 1.82) is 0 Å². The van der Waals surface area contributed by atoms with Crippen LogP contribution >= 0.6 is 11.6 Å². The molecule has 1 unspecified atom stereocenters. The molecule has 1 N–H and O–H groups in total. The first kappa shape index (κ1) is 16.0. The van der Waals surface area contributed by atoms with Crippen molar-refractivity contribution in [1.82, 2.24) is 15.1 Å². The molecule has 0 saturated carbocycles. The van der Waals surface area contributed by atoms with Crippen LogP contribution < -0.4 is 5.32 Å². The molecule has 0 aliphatic rings.